The molecule has 1 spiro atoms. The summed E-state index contributed by atoms with van der Waals surface area (Å²) < 4.78 is 10.8. The van der Waals surface area contributed by atoms with Gasteiger partial charge in [-0.1, -0.05) is 36.4 Å². The maximum Gasteiger partial charge on any atom is 0.261 e. The summed E-state index contributed by atoms with van der Waals surface area (Å²) in [6.07, 6.45) is 1.50. The molecular formula is C23H26N2O4S. The zero-order chi connectivity index (χ0) is 21.1. The number of rotatable bonds is 5. The Bertz CT molecular complexity index is 904. The first-order valence-electron chi connectivity index (χ1n) is 10.1. The summed E-state index contributed by atoms with van der Waals surface area (Å²) in [6, 6.07) is 15.4. The molecule has 158 valence electrons. The van der Waals surface area contributed by atoms with Crippen molar-refractivity contribution in [3.05, 3.63) is 59.7 Å². The zero-order valence-electron chi connectivity index (χ0n) is 17.3. The predicted molar refractivity (Wildman–Crippen MR) is 117 cm³/mol. The summed E-state index contributed by atoms with van der Waals surface area (Å²) in [4.78, 5) is 29.5. The predicted octanol–water partition coefficient (Wildman–Crippen LogP) is 3.41. The summed E-state index contributed by atoms with van der Waals surface area (Å²) >= 11 is 1.72. The van der Waals surface area contributed by atoms with Gasteiger partial charge in [0.1, 0.15) is 17.1 Å². The zero-order valence-corrected chi connectivity index (χ0v) is 18.1. The van der Waals surface area contributed by atoms with Gasteiger partial charge in [-0.2, -0.15) is 0 Å². The van der Waals surface area contributed by atoms with Gasteiger partial charge in [-0.05, 0) is 30.5 Å². The molecule has 2 aliphatic heterocycles. The number of ether oxygens (including phenoxy) is 2. The number of carbonyl (C=O) groups is 2. The van der Waals surface area contributed by atoms with Gasteiger partial charge in [-0.15, -0.1) is 11.8 Å². The number of amides is 2. The molecule has 0 radical (unpaired) electrons. The van der Waals surface area contributed by atoms with Crippen LogP contribution >= 0.6 is 11.8 Å². The molecule has 0 N–H and O–H groups in total. The standard InChI is InChI=1S/C23H26N2O4S/c1-28-18-9-6-10-19(29-2)21(18)22(27)24-13-11-23(12-14-24)25(20(26)16-30-23)15-17-7-4-3-5-8-17/h3-10H,11-16H2,1-2H3. The van der Waals surface area contributed by atoms with Crippen molar-refractivity contribution < 1.29 is 19.1 Å². The first-order valence-corrected chi connectivity index (χ1v) is 11.0. The number of benzene rings is 2. The van der Waals surface area contributed by atoms with Crippen molar-refractivity contribution in [3.63, 3.8) is 0 Å². The lowest BCUT2D eigenvalue weighted by Crippen LogP contribution is -2.52. The number of likely N-dealkylation sites (tertiary alicyclic amines) is 1. The third-order valence-corrected chi connectivity index (χ3v) is 7.47. The fourth-order valence-corrected chi connectivity index (χ4v) is 5.61. The molecule has 2 saturated heterocycles. The lowest BCUT2D eigenvalue weighted by atomic mass is 10.00. The summed E-state index contributed by atoms with van der Waals surface area (Å²) in [5.74, 6) is 1.60. The monoisotopic (exact) mass is 426 g/mol. The van der Waals surface area contributed by atoms with Crippen molar-refractivity contribution in [1.82, 2.24) is 9.80 Å². The average molecular weight is 427 g/mol. The topological polar surface area (TPSA) is 59.1 Å². The molecular weight excluding hydrogens is 400 g/mol. The van der Waals surface area contributed by atoms with Crippen molar-refractivity contribution in [1.29, 1.82) is 0 Å². The van der Waals surface area contributed by atoms with E-state index in [1.54, 1.807) is 38.1 Å². The quantitative estimate of drug-likeness (QED) is 0.733. The minimum absolute atomic E-state index is 0.0944. The summed E-state index contributed by atoms with van der Waals surface area (Å²) in [6.45, 7) is 1.79. The number of methoxy groups -OCH3 is 2. The smallest absolute Gasteiger partial charge is 0.261 e. The van der Waals surface area contributed by atoms with Gasteiger partial charge in [0.25, 0.3) is 5.91 Å². The Labute approximate surface area is 181 Å². The molecule has 6 nitrogen and oxygen atoms in total. The summed E-state index contributed by atoms with van der Waals surface area (Å²) in [5.41, 5.74) is 1.58. The Morgan fingerprint density at radius 3 is 2.23 bits per heavy atom. The van der Waals surface area contributed by atoms with E-state index < -0.39 is 0 Å². The van der Waals surface area contributed by atoms with Crippen molar-refractivity contribution in [2.45, 2.75) is 24.3 Å². The second-order valence-corrected chi connectivity index (χ2v) is 8.87. The molecule has 0 bridgehead atoms. The average Bonchev–Trinajstić information content (AvgIpc) is 3.09. The molecule has 2 amide bonds. The van der Waals surface area contributed by atoms with E-state index in [0.717, 1.165) is 18.4 Å². The van der Waals surface area contributed by atoms with Crippen LogP contribution in [0.15, 0.2) is 48.5 Å². The van der Waals surface area contributed by atoms with Gasteiger partial charge in [-0.25, -0.2) is 0 Å². The van der Waals surface area contributed by atoms with Crippen LogP contribution in [0, 0.1) is 0 Å². The Morgan fingerprint density at radius 1 is 1.00 bits per heavy atom. The minimum atomic E-state index is -0.242. The molecule has 7 heteroatoms. The third-order valence-electron chi connectivity index (χ3n) is 5.91. The van der Waals surface area contributed by atoms with Crippen LogP contribution in [0.4, 0.5) is 0 Å². The number of thioether (sulfide) groups is 1. The molecule has 30 heavy (non-hydrogen) atoms. The van der Waals surface area contributed by atoms with Gasteiger partial charge in [0.05, 0.1) is 24.8 Å². The lowest BCUT2D eigenvalue weighted by Gasteiger charge is -2.44. The van der Waals surface area contributed by atoms with E-state index in [1.165, 1.54) is 0 Å². The van der Waals surface area contributed by atoms with Crippen molar-refractivity contribution in [2.75, 3.05) is 33.1 Å². The van der Waals surface area contributed by atoms with Crippen LogP contribution in [0.5, 0.6) is 11.5 Å². The van der Waals surface area contributed by atoms with Gasteiger partial charge < -0.3 is 19.3 Å². The van der Waals surface area contributed by atoms with Gasteiger partial charge >= 0.3 is 0 Å². The number of hydrogen-bond donors (Lipinski definition) is 0. The third kappa shape index (κ3) is 3.74. The van der Waals surface area contributed by atoms with E-state index >= 15 is 0 Å². The van der Waals surface area contributed by atoms with Gasteiger partial charge in [-0.3, -0.25) is 9.59 Å². The first-order chi connectivity index (χ1) is 14.6. The van der Waals surface area contributed by atoms with Crippen molar-refractivity contribution in [3.8, 4) is 11.5 Å². The highest BCUT2D eigenvalue weighted by Crippen LogP contribution is 2.45. The van der Waals surface area contributed by atoms with Gasteiger partial charge in [0.15, 0.2) is 0 Å². The molecule has 2 aromatic carbocycles. The number of piperidine rings is 1. The second kappa shape index (κ2) is 8.60. The van der Waals surface area contributed by atoms with Crippen molar-refractivity contribution in [2.24, 2.45) is 0 Å². The molecule has 0 aliphatic carbocycles. The van der Waals surface area contributed by atoms with E-state index in [2.05, 4.69) is 12.1 Å². The molecule has 2 aromatic rings. The second-order valence-electron chi connectivity index (χ2n) is 7.53. The number of nitrogens with zero attached hydrogens (tertiary/aromatic N) is 2. The van der Waals surface area contributed by atoms with Crippen LogP contribution < -0.4 is 9.47 Å². The van der Waals surface area contributed by atoms with Crippen LogP contribution in [0.1, 0.15) is 28.8 Å². The van der Waals surface area contributed by atoms with E-state index in [0.29, 0.717) is 42.4 Å². The lowest BCUT2D eigenvalue weighted by molar-refractivity contribution is -0.131. The summed E-state index contributed by atoms with van der Waals surface area (Å²) in [7, 11) is 3.11. The largest absolute Gasteiger partial charge is 0.496 e. The molecule has 0 atom stereocenters. The summed E-state index contributed by atoms with van der Waals surface area (Å²) in [5, 5.41) is 0. The Kier molecular flexibility index (Phi) is 5.90. The van der Waals surface area contributed by atoms with Gasteiger partial charge in [0.2, 0.25) is 5.91 Å². The molecule has 0 aromatic heterocycles. The van der Waals surface area contributed by atoms with Gasteiger partial charge in [0, 0.05) is 19.6 Å². The maximum atomic E-state index is 13.3. The van der Waals surface area contributed by atoms with Crippen LogP contribution in [-0.2, 0) is 11.3 Å². The Balaban J connectivity index is 1.51. The number of hydrogen-bond acceptors (Lipinski definition) is 5. The highest BCUT2D eigenvalue weighted by atomic mass is 32.2. The molecule has 2 fully saturated rings. The van der Waals surface area contributed by atoms with E-state index in [-0.39, 0.29) is 16.7 Å². The Morgan fingerprint density at radius 2 is 1.63 bits per heavy atom. The van der Waals surface area contributed by atoms with Crippen LogP contribution in [0.25, 0.3) is 0 Å². The first kappa shape index (κ1) is 20.6. The molecule has 0 saturated carbocycles. The molecule has 2 aliphatic rings. The van der Waals surface area contributed by atoms with E-state index in [9.17, 15) is 9.59 Å². The SMILES string of the molecule is COc1cccc(OC)c1C(=O)N1CCC2(CC1)SCC(=O)N2Cc1ccccc1. The van der Waals surface area contributed by atoms with E-state index in [4.69, 9.17) is 9.47 Å². The maximum absolute atomic E-state index is 13.3. The number of carbonyl (C=O) groups excluding carboxylic acids is 2. The van der Waals surface area contributed by atoms with Crippen molar-refractivity contribution >= 4 is 23.6 Å². The fourth-order valence-electron chi connectivity index (χ4n) is 4.27. The highest BCUT2D eigenvalue weighted by Gasteiger charge is 2.48. The fraction of sp³-hybridized carbons (Fsp3) is 0.391. The Hall–Kier alpha value is -2.67. The molecule has 0 unspecified atom stereocenters. The molecule has 2 heterocycles. The highest BCUT2D eigenvalue weighted by molar-refractivity contribution is 8.01. The minimum Gasteiger partial charge on any atom is -0.496 e. The van der Waals surface area contributed by atoms with Crippen LogP contribution in [0.3, 0.4) is 0 Å². The normalized spacial score (nSPS) is 18.0. The van der Waals surface area contributed by atoms with Crippen LogP contribution in [-0.4, -0.2) is 59.5 Å². The van der Waals surface area contributed by atoms with E-state index in [1.807, 2.05) is 34.1 Å². The van der Waals surface area contributed by atoms with Crippen LogP contribution in [0.2, 0.25) is 0 Å². The molecule has 4 rings (SSSR count).